The number of amides is 2. The Kier molecular flexibility index (Phi) is 3.31. The Labute approximate surface area is 133 Å². The maximum atomic E-state index is 12.6. The molecule has 0 radical (unpaired) electrons. The molecule has 2 aromatic carbocycles. The van der Waals surface area contributed by atoms with Crippen molar-refractivity contribution in [3.8, 4) is 5.75 Å². The Morgan fingerprint density at radius 3 is 2.87 bits per heavy atom. The monoisotopic (exact) mass is 305 g/mol. The first-order valence-corrected chi connectivity index (χ1v) is 7.46. The van der Waals surface area contributed by atoms with Crippen LogP contribution in [0.15, 0.2) is 60.8 Å². The Balaban J connectivity index is 1.60. The fourth-order valence-corrected chi connectivity index (χ4v) is 2.71. The third-order valence-electron chi connectivity index (χ3n) is 3.82. The second-order valence-electron chi connectivity index (χ2n) is 5.32. The van der Waals surface area contributed by atoms with Crippen LogP contribution >= 0.6 is 0 Å². The first-order valence-electron chi connectivity index (χ1n) is 7.46. The Morgan fingerprint density at radius 2 is 1.96 bits per heavy atom. The number of hydrogen-bond donors (Lipinski definition) is 1. The number of aromatic nitrogens is 1. The number of carbonyl (C=O) groups excluding carboxylic acids is 1. The van der Waals surface area contributed by atoms with Crippen LogP contribution in [0.25, 0.3) is 10.8 Å². The van der Waals surface area contributed by atoms with E-state index in [1.807, 2.05) is 48.5 Å². The van der Waals surface area contributed by atoms with Crippen LogP contribution in [0.5, 0.6) is 5.75 Å². The van der Waals surface area contributed by atoms with Gasteiger partial charge in [0.2, 0.25) is 0 Å². The number of hydrogen-bond acceptors (Lipinski definition) is 3. The smallest absolute Gasteiger partial charge is 0.327 e. The summed E-state index contributed by atoms with van der Waals surface area (Å²) in [4.78, 5) is 18.4. The summed E-state index contributed by atoms with van der Waals surface area (Å²) in [7, 11) is 0. The van der Waals surface area contributed by atoms with Crippen molar-refractivity contribution in [2.75, 3.05) is 23.4 Å². The minimum atomic E-state index is -0.205. The topological polar surface area (TPSA) is 54.5 Å². The van der Waals surface area contributed by atoms with Gasteiger partial charge in [0.1, 0.15) is 6.61 Å². The highest BCUT2D eigenvalue weighted by Crippen LogP contribution is 2.29. The zero-order chi connectivity index (χ0) is 15.6. The minimum Gasteiger partial charge on any atom is -0.488 e. The average Bonchev–Trinajstić information content (AvgIpc) is 2.61. The molecule has 5 heteroatoms. The summed E-state index contributed by atoms with van der Waals surface area (Å²) >= 11 is 0. The number of anilines is 2. The van der Waals surface area contributed by atoms with Gasteiger partial charge in [0, 0.05) is 11.9 Å². The molecule has 1 aliphatic rings. The van der Waals surface area contributed by atoms with Gasteiger partial charge in [-0.25, -0.2) is 9.78 Å². The summed E-state index contributed by atoms with van der Waals surface area (Å²) in [6.45, 7) is 0.938. The molecule has 114 valence electrons. The number of pyridine rings is 1. The average molecular weight is 305 g/mol. The van der Waals surface area contributed by atoms with E-state index in [0.29, 0.717) is 24.7 Å². The van der Waals surface area contributed by atoms with Crippen LogP contribution in [0.1, 0.15) is 0 Å². The van der Waals surface area contributed by atoms with Crippen molar-refractivity contribution < 1.29 is 9.53 Å². The highest BCUT2D eigenvalue weighted by Gasteiger charge is 2.24. The second-order valence-corrected chi connectivity index (χ2v) is 5.32. The van der Waals surface area contributed by atoms with Crippen LogP contribution in [0, 0.1) is 0 Å². The van der Waals surface area contributed by atoms with E-state index in [2.05, 4.69) is 10.3 Å². The van der Waals surface area contributed by atoms with Gasteiger partial charge in [0.15, 0.2) is 11.6 Å². The van der Waals surface area contributed by atoms with Crippen LogP contribution in [-0.4, -0.2) is 24.2 Å². The largest absolute Gasteiger partial charge is 0.488 e. The zero-order valence-electron chi connectivity index (χ0n) is 12.4. The number of nitrogens with zero attached hydrogens (tertiary/aromatic N) is 2. The number of benzene rings is 2. The Bertz CT molecular complexity index is 879. The molecule has 0 spiro atoms. The van der Waals surface area contributed by atoms with E-state index in [0.717, 1.165) is 16.5 Å². The molecule has 1 N–H and O–H groups in total. The normalized spacial score (nSPS) is 13.3. The number of ether oxygens (including phenoxy) is 1. The van der Waals surface area contributed by atoms with E-state index in [4.69, 9.17) is 4.74 Å². The predicted molar refractivity (Wildman–Crippen MR) is 90.0 cm³/mol. The summed E-state index contributed by atoms with van der Waals surface area (Å²) in [5.41, 5.74) is 0.762. The number of nitrogens with one attached hydrogen (secondary N) is 1. The lowest BCUT2D eigenvalue weighted by Gasteiger charge is -2.28. The molecule has 1 aromatic heterocycles. The molecule has 0 saturated carbocycles. The third-order valence-corrected chi connectivity index (χ3v) is 3.82. The van der Waals surface area contributed by atoms with Gasteiger partial charge in [-0.15, -0.1) is 0 Å². The van der Waals surface area contributed by atoms with Gasteiger partial charge < -0.3 is 10.1 Å². The summed E-state index contributed by atoms with van der Waals surface area (Å²) in [5.74, 6) is 1.18. The van der Waals surface area contributed by atoms with Gasteiger partial charge in [-0.2, -0.15) is 0 Å². The highest BCUT2D eigenvalue weighted by atomic mass is 16.5. The minimum absolute atomic E-state index is 0.205. The highest BCUT2D eigenvalue weighted by molar-refractivity contribution is 6.03. The summed E-state index contributed by atoms with van der Waals surface area (Å²) in [5, 5.41) is 5.17. The first kappa shape index (κ1) is 13.6. The number of urea groups is 1. The molecule has 0 saturated heterocycles. The molecule has 23 heavy (non-hydrogen) atoms. The molecule has 0 fully saturated rings. The molecular formula is C18H15N3O2. The Morgan fingerprint density at radius 1 is 1.09 bits per heavy atom. The molecule has 1 aliphatic heterocycles. The second kappa shape index (κ2) is 5.61. The van der Waals surface area contributed by atoms with Crippen molar-refractivity contribution in [1.29, 1.82) is 0 Å². The molecule has 3 aromatic rings. The van der Waals surface area contributed by atoms with Crippen LogP contribution in [-0.2, 0) is 0 Å². The van der Waals surface area contributed by atoms with E-state index in [1.165, 1.54) is 0 Å². The number of carbonyl (C=O) groups is 1. The van der Waals surface area contributed by atoms with Gasteiger partial charge in [-0.05, 0) is 35.0 Å². The molecule has 0 aliphatic carbocycles. The maximum Gasteiger partial charge on any atom is 0.327 e. The van der Waals surface area contributed by atoms with Crippen molar-refractivity contribution >= 4 is 28.3 Å². The van der Waals surface area contributed by atoms with Crippen molar-refractivity contribution in [2.24, 2.45) is 0 Å². The molecule has 4 rings (SSSR count). The van der Waals surface area contributed by atoms with Crippen molar-refractivity contribution in [1.82, 2.24) is 4.98 Å². The molecule has 2 amide bonds. The summed E-state index contributed by atoms with van der Waals surface area (Å²) in [6, 6.07) is 17.3. The lowest BCUT2D eigenvalue weighted by Crippen LogP contribution is -2.41. The van der Waals surface area contributed by atoms with E-state index in [9.17, 15) is 4.79 Å². The van der Waals surface area contributed by atoms with Gasteiger partial charge in [0.05, 0.1) is 6.54 Å². The van der Waals surface area contributed by atoms with E-state index in [1.54, 1.807) is 17.2 Å². The van der Waals surface area contributed by atoms with Gasteiger partial charge in [0.25, 0.3) is 0 Å². The van der Waals surface area contributed by atoms with Crippen LogP contribution in [0.3, 0.4) is 0 Å². The lowest BCUT2D eigenvalue weighted by molar-refractivity contribution is 0.249. The standard InChI is InChI=1S/C18H15N3O2/c22-18(21-10-11-23-16-6-3-9-19-17(16)21)20-15-8-7-13-4-1-2-5-14(13)12-15/h1-9,12H,10-11H2,(H,20,22). The quantitative estimate of drug-likeness (QED) is 0.746. The lowest BCUT2D eigenvalue weighted by atomic mass is 10.1. The third kappa shape index (κ3) is 2.57. The molecular weight excluding hydrogens is 290 g/mol. The molecule has 5 nitrogen and oxygen atoms in total. The summed E-state index contributed by atoms with van der Waals surface area (Å²) in [6.07, 6.45) is 1.66. The van der Waals surface area contributed by atoms with Crippen molar-refractivity contribution in [2.45, 2.75) is 0 Å². The van der Waals surface area contributed by atoms with E-state index >= 15 is 0 Å². The van der Waals surface area contributed by atoms with Crippen LogP contribution in [0.2, 0.25) is 0 Å². The van der Waals surface area contributed by atoms with E-state index in [-0.39, 0.29) is 6.03 Å². The van der Waals surface area contributed by atoms with Gasteiger partial charge >= 0.3 is 6.03 Å². The SMILES string of the molecule is O=C(Nc1ccc2ccccc2c1)N1CCOc2cccnc21. The van der Waals surface area contributed by atoms with Crippen molar-refractivity contribution in [3.05, 3.63) is 60.8 Å². The van der Waals surface area contributed by atoms with Crippen molar-refractivity contribution in [3.63, 3.8) is 0 Å². The number of fused-ring (bicyclic) bond motifs is 2. The fourth-order valence-electron chi connectivity index (χ4n) is 2.71. The van der Waals surface area contributed by atoms with Gasteiger partial charge in [-0.3, -0.25) is 4.90 Å². The molecule has 0 unspecified atom stereocenters. The maximum absolute atomic E-state index is 12.6. The fraction of sp³-hybridized carbons (Fsp3) is 0.111. The predicted octanol–water partition coefficient (Wildman–Crippen LogP) is 3.67. The molecule has 0 bridgehead atoms. The first-order chi connectivity index (χ1) is 11.3. The van der Waals surface area contributed by atoms with Crippen LogP contribution < -0.4 is 15.0 Å². The number of rotatable bonds is 1. The van der Waals surface area contributed by atoms with E-state index < -0.39 is 0 Å². The molecule has 2 heterocycles. The van der Waals surface area contributed by atoms with Gasteiger partial charge in [-0.1, -0.05) is 30.3 Å². The molecule has 0 atom stereocenters. The Hall–Kier alpha value is -3.08. The summed E-state index contributed by atoms with van der Waals surface area (Å²) < 4.78 is 5.53. The zero-order valence-corrected chi connectivity index (χ0v) is 12.4. The van der Waals surface area contributed by atoms with Crippen LogP contribution in [0.4, 0.5) is 16.3 Å².